The van der Waals surface area contributed by atoms with E-state index >= 15 is 0 Å². The van der Waals surface area contributed by atoms with Gasteiger partial charge in [-0.3, -0.25) is 20.0 Å². The number of aromatic nitrogens is 1. The van der Waals surface area contributed by atoms with Crippen LogP contribution in [0.2, 0.25) is 0 Å². The fraction of sp³-hybridized carbons (Fsp3) is 0.364. The molecule has 0 aromatic carbocycles. The lowest BCUT2D eigenvalue weighted by Crippen LogP contribution is -2.30. The van der Waals surface area contributed by atoms with Gasteiger partial charge in [-0.25, -0.2) is 5.84 Å². The van der Waals surface area contributed by atoms with Gasteiger partial charge in [0.25, 0.3) is 5.91 Å². The number of nitrogens with two attached hydrogens (primary N) is 1. The number of hydrogen-bond acceptors (Lipinski definition) is 4. The van der Waals surface area contributed by atoms with Gasteiger partial charge >= 0.3 is 0 Å². The Morgan fingerprint density at radius 2 is 2.47 bits per heavy atom. The third-order valence-corrected chi connectivity index (χ3v) is 2.87. The summed E-state index contributed by atoms with van der Waals surface area (Å²) in [6.07, 6.45) is 1.98. The van der Waals surface area contributed by atoms with Gasteiger partial charge in [0.1, 0.15) is 0 Å². The van der Waals surface area contributed by atoms with Crippen LogP contribution in [0.25, 0.3) is 0 Å². The minimum absolute atomic E-state index is 0.0234. The summed E-state index contributed by atoms with van der Waals surface area (Å²) in [4.78, 5) is 26.8. The van der Waals surface area contributed by atoms with Crippen LogP contribution >= 0.6 is 0 Å². The lowest BCUT2D eigenvalue weighted by molar-refractivity contribution is -0.121. The van der Waals surface area contributed by atoms with Gasteiger partial charge in [0, 0.05) is 12.6 Å². The number of fused-ring (bicyclic) bond motifs is 1. The Balaban J connectivity index is 2.20. The SMILES string of the molecule is CC(CC(=O)NN)c1cnc2c(c1)C(=O)NC2. The maximum absolute atomic E-state index is 11.5. The van der Waals surface area contributed by atoms with Crippen molar-refractivity contribution in [3.05, 3.63) is 29.1 Å². The van der Waals surface area contributed by atoms with Crippen molar-refractivity contribution in [2.75, 3.05) is 0 Å². The highest BCUT2D eigenvalue weighted by Crippen LogP contribution is 2.22. The molecule has 1 atom stereocenters. The number of nitrogens with one attached hydrogen (secondary N) is 2. The number of hydrazine groups is 1. The highest BCUT2D eigenvalue weighted by Gasteiger charge is 2.21. The molecule has 0 saturated heterocycles. The summed E-state index contributed by atoms with van der Waals surface area (Å²) in [7, 11) is 0. The molecule has 1 aliphatic rings. The Morgan fingerprint density at radius 3 is 3.18 bits per heavy atom. The molecule has 2 heterocycles. The molecule has 4 N–H and O–H groups in total. The molecule has 90 valence electrons. The van der Waals surface area contributed by atoms with Gasteiger partial charge in [-0.2, -0.15) is 0 Å². The van der Waals surface area contributed by atoms with Crippen molar-refractivity contribution in [2.45, 2.75) is 25.8 Å². The molecule has 1 aliphatic heterocycles. The van der Waals surface area contributed by atoms with Crippen molar-refractivity contribution in [1.82, 2.24) is 15.7 Å². The first-order valence-electron chi connectivity index (χ1n) is 5.38. The number of carbonyl (C=O) groups is 2. The maximum Gasteiger partial charge on any atom is 0.253 e. The second kappa shape index (κ2) is 4.50. The maximum atomic E-state index is 11.5. The quantitative estimate of drug-likeness (QED) is 0.383. The zero-order valence-electron chi connectivity index (χ0n) is 9.49. The molecular formula is C11H14N4O2. The van der Waals surface area contributed by atoms with E-state index in [9.17, 15) is 9.59 Å². The molecule has 6 heteroatoms. The van der Waals surface area contributed by atoms with Gasteiger partial charge in [0.05, 0.1) is 17.8 Å². The van der Waals surface area contributed by atoms with Crippen LogP contribution in [0.3, 0.4) is 0 Å². The topological polar surface area (TPSA) is 97.1 Å². The summed E-state index contributed by atoms with van der Waals surface area (Å²) in [6.45, 7) is 2.37. The predicted molar refractivity (Wildman–Crippen MR) is 60.8 cm³/mol. The first-order valence-corrected chi connectivity index (χ1v) is 5.38. The minimum Gasteiger partial charge on any atom is -0.346 e. The molecule has 0 fully saturated rings. The van der Waals surface area contributed by atoms with Crippen molar-refractivity contribution in [3.8, 4) is 0 Å². The van der Waals surface area contributed by atoms with E-state index in [2.05, 4.69) is 15.7 Å². The van der Waals surface area contributed by atoms with Crippen molar-refractivity contribution < 1.29 is 9.59 Å². The summed E-state index contributed by atoms with van der Waals surface area (Å²) in [5.74, 6) is 4.67. The minimum atomic E-state index is -0.234. The monoisotopic (exact) mass is 234 g/mol. The van der Waals surface area contributed by atoms with E-state index in [1.807, 2.05) is 6.92 Å². The molecule has 1 aromatic rings. The highest BCUT2D eigenvalue weighted by molar-refractivity contribution is 5.97. The first kappa shape index (κ1) is 11.5. The fourth-order valence-corrected chi connectivity index (χ4v) is 1.83. The molecule has 1 unspecified atom stereocenters. The zero-order chi connectivity index (χ0) is 12.4. The van der Waals surface area contributed by atoms with E-state index < -0.39 is 0 Å². The number of carbonyl (C=O) groups excluding carboxylic acids is 2. The Bertz CT molecular complexity index is 473. The van der Waals surface area contributed by atoms with Crippen LogP contribution in [0.4, 0.5) is 0 Å². The van der Waals surface area contributed by atoms with E-state index in [1.165, 1.54) is 0 Å². The van der Waals surface area contributed by atoms with Crippen LogP contribution in [-0.4, -0.2) is 16.8 Å². The summed E-state index contributed by atoms with van der Waals surface area (Å²) >= 11 is 0. The fourth-order valence-electron chi connectivity index (χ4n) is 1.83. The number of nitrogens with zero attached hydrogens (tertiary/aromatic N) is 1. The van der Waals surface area contributed by atoms with Crippen molar-refractivity contribution in [3.63, 3.8) is 0 Å². The largest absolute Gasteiger partial charge is 0.346 e. The highest BCUT2D eigenvalue weighted by atomic mass is 16.2. The molecule has 0 saturated carbocycles. The lowest BCUT2D eigenvalue weighted by Gasteiger charge is -2.11. The molecule has 0 bridgehead atoms. The first-order chi connectivity index (χ1) is 8.11. The average Bonchev–Trinajstić information content (AvgIpc) is 2.70. The molecule has 0 aliphatic carbocycles. The van der Waals surface area contributed by atoms with Crippen LogP contribution in [0, 0.1) is 0 Å². The molecule has 2 amide bonds. The standard InChI is InChI=1S/C11H14N4O2/c1-6(2-10(16)15-12)7-3-8-9(13-4-7)5-14-11(8)17/h3-4,6H,2,5,12H2,1H3,(H,14,17)(H,15,16). The second-order valence-corrected chi connectivity index (χ2v) is 4.12. The average molecular weight is 234 g/mol. The van der Waals surface area contributed by atoms with Gasteiger partial charge in [-0.1, -0.05) is 6.92 Å². The number of amides is 2. The molecule has 2 rings (SSSR count). The van der Waals surface area contributed by atoms with Crippen LogP contribution in [-0.2, 0) is 11.3 Å². The van der Waals surface area contributed by atoms with Crippen LogP contribution in [0.15, 0.2) is 12.3 Å². The van der Waals surface area contributed by atoms with Gasteiger partial charge in [-0.15, -0.1) is 0 Å². The molecule has 1 aromatic heterocycles. The smallest absolute Gasteiger partial charge is 0.253 e. The Kier molecular flexibility index (Phi) is 3.06. The molecule has 0 radical (unpaired) electrons. The number of rotatable bonds is 3. The summed E-state index contributed by atoms with van der Waals surface area (Å²) in [5.41, 5.74) is 4.31. The molecule has 6 nitrogen and oxygen atoms in total. The lowest BCUT2D eigenvalue weighted by atomic mass is 9.97. The van der Waals surface area contributed by atoms with Crippen LogP contribution in [0.1, 0.15) is 40.9 Å². The molecule has 0 spiro atoms. The number of hydrogen-bond donors (Lipinski definition) is 3. The Hall–Kier alpha value is -1.95. The van der Waals surface area contributed by atoms with Crippen molar-refractivity contribution in [1.29, 1.82) is 0 Å². The van der Waals surface area contributed by atoms with E-state index in [1.54, 1.807) is 12.3 Å². The van der Waals surface area contributed by atoms with Gasteiger partial charge in [0.2, 0.25) is 5.91 Å². The number of pyridine rings is 1. The molecular weight excluding hydrogens is 220 g/mol. The van der Waals surface area contributed by atoms with Crippen LogP contribution < -0.4 is 16.6 Å². The Labute approximate surface area is 98.6 Å². The normalized spacial score (nSPS) is 15.1. The summed E-state index contributed by atoms with van der Waals surface area (Å²) in [6, 6.07) is 1.79. The van der Waals surface area contributed by atoms with E-state index in [-0.39, 0.29) is 24.2 Å². The Morgan fingerprint density at radius 1 is 1.71 bits per heavy atom. The van der Waals surface area contributed by atoms with Crippen LogP contribution in [0.5, 0.6) is 0 Å². The van der Waals surface area contributed by atoms with Crippen molar-refractivity contribution in [2.24, 2.45) is 5.84 Å². The summed E-state index contributed by atoms with van der Waals surface area (Å²) < 4.78 is 0. The zero-order valence-corrected chi connectivity index (χ0v) is 9.49. The second-order valence-electron chi connectivity index (χ2n) is 4.12. The third-order valence-electron chi connectivity index (χ3n) is 2.87. The third kappa shape index (κ3) is 2.26. The van der Waals surface area contributed by atoms with E-state index in [4.69, 9.17) is 5.84 Å². The van der Waals surface area contributed by atoms with E-state index in [0.29, 0.717) is 12.1 Å². The van der Waals surface area contributed by atoms with Gasteiger partial charge in [0.15, 0.2) is 0 Å². The summed E-state index contributed by atoms with van der Waals surface area (Å²) in [5, 5.41) is 2.70. The van der Waals surface area contributed by atoms with Gasteiger partial charge in [-0.05, 0) is 17.5 Å². The van der Waals surface area contributed by atoms with E-state index in [0.717, 1.165) is 11.3 Å². The van der Waals surface area contributed by atoms with Crippen molar-refractivity contribution >= 4 is 11.8 Å². The predicted octanol–water partition coefficient (Wildman–Crippen LogP) is -0.192. The molecule has 17 heavy (non-hydrogen) atoms. The van der Waals surface area contributed by atoms with Gasteiger partial charge < -0.3 is 5.32 Å².